The van der Waals surface area contributed by atoms with Crippen LogP contribution in [0.1, 0.15) is 280 Å². The van der Waals surface area contributed by atoms with Crippen LogP contribution in [0.15, 0.2) is 59.7 Å². The zero-order valence-electron chi connectivity index (χ0n) is 63.2. The van der Waals surface area contributed by atoms with Crippen molar-refractivity contribution in [1.29, 1.82) is 0 Å². The number of esters is 2. The van der Waals surface area contributed by atoms with Crippen LogP contribution < -0.4 is 5.32 Å². The molecule has 20 heteroatoms. The molecule has 0 saturated carbocycles. The number of carbonyl (C=O) groups excluding carboxylic acids is 3. The quantitative estimate of drug-likeness (QED) is 0.0124. The molecule has 1 amide bonds. The van der Waals surface area contributed by atoms with Crippen molar-refractivity contribution in [1.82, 2.24) is 5.32 Å². The fourth-order valence-electron chi connectivity index (χ4n) is 13.3. The molecule has 15 atom stereocenters. The number of carbonyl (C=O) groups is 3. The Bertz CT molecular complexity index is 2630. The Balaban J connectivity index is 1.48. The number of hydrogen-bond acceptors (Lipinski definition) is 15. The summed E-state index contributed by atoms with van der Waals surface area (Å²) < 4.78 is 81.2. The van der Waals surface area contributed by atoms with E-state index in [-0.39, 0.29) is 80.6 Å². The first-order chi connectivity index (χ1) is 46.9. The van der Waals surface area contributed by atoms with Crippen LogP contribution in [0.2, 0.25) is 18.1 Å². The van der Waals surface area contributed by atoms with Gasteiger partial charge in [-0.25, -0.2) is 4.57 Å². The van der Waals surface area contributed by atoms with Gasteiger partial charge in [-0.15, -0.1) is 0 Å². The summed E-state index contributed by atoms with van der Waals surface area (Å²) in [5, 5.41) is 7.28. The van der Waals surface area contributed by atoms with E-state index in [1.165, 1.54) is 103 Å². The summed E-state index contributed by atoms with van der Waals surface area (Å²) in [6.07, 6.45) is 22.6. The largest absolute Gasteiger partial charge is 0.475 e. The number of hydrogen-bond donors (Lipinski definition) is 1. The van der Waals surface area contributed by atoms with E-state index in [2.05, 4.69) is 90.8 Å². The van der Waals surface area contributed by atoms with Crippen LogP contribution in [0.4, 0.5) is 0 Å². The van der Waals surface area contributed by atoms with Gasteiger partial charge in [0.05, 0.1) is 57.5 Å². The van der Waals surface area contributed by atoms with Crippen LogP contribution in [0.25, 0.3) is 10.4 Å². The highest BCUT2D eigenvalue weighted by atomic mass is 31.2. The number of phosphoric ester groups is 1. The van der Waals surface area contributed by atoms with Gasteiger partial charge in [-0.1, -0.05) is 297 Å². The van der Waals surface area contributed by atoms with Gasteiger partial charge in [-0.2, -0.15) is 0 Å². The van der Waals surface area contributed by atoms with Crippen LogP contribution in [0.3, 0.4) is 0 Å². The monoisotopic (exact) mass is 1410 g/mol. The number of phosphoric acid groups is 1. The second-order valence-corrected chi connectivity index (χ2v) is 37.1. The first-order valence-electron chi connectivity index (χ1n) is 38.5. The van der Waals surface area contributed by atoms with Crippen molar-refractivity contribution in [3.63, 3.8) is 0 Å². The van der Waals surface area contributed by atoms with Crippen LogP contribution >= 0.6 is 7.82 Å². The molecule has 0 aliphatic carbocycles. The maximum atomic E-state index is 15.2. The molecule has 2 aromatic rings. The minimum Gasteiger partial charge on any atom is -0.461 e. The highest BCUT2D eigenvalue weighted by Gasteiger charge is 2.53. The zero-order valence-corrected chi connectivity index (χ0v) is 65.1. The standard InChI is InChI=1S/C78H133N4O14PSi/c1-15-18-21-24-27-28-31-34-38-45-59(6)75(85)91-66(58(5)44-37-33-30-26-23-20-17-3)51-69(83)80-71-62(9)73(95-97(86)89-53-64-48-41-42-49-65(64)54-90-97)68(55-87-52-63-46-39-35-40-47-63)93-76(71)88-56-67-61(8)74(72(81-82-79)77(92-67)96-98(13,14)78(10,11)12)94-70(84)50-60(7)57(4)43-36-32-29-25-22-19-16-2/h35,39-42,46-49,57-62,66-68,71-74,76-77H,15-34,36-38,43-45,50-56H2,1-14H3,(H,80,83)/t57?,58?,59?,60-,61+,62+,66-,67?,68?,71?,72?,73-,74-,76+,77?/m0/s1. The summed E-state index contributed by atoms with van der Waals surface area (Å²) in [5.74, 6) is -2.62. The van der Waals surface area contributed by atoms with Crippen molar-refractivity contribution in [3.05, 3.63) is 81.7 Å². The van der Waals surface area contributed by atoms with Crippen LogP contribution in [-0.4, -0.2) is 94.6 Å². The van der Waals surface area contributed by atoms with Gasteiger partial charge in [0.2, 0.25) is 5.91 Å². The second kappa shape index (κ2) is 45.4. The van der Waals surface area contributed by atoms with Gasteiger partial charge in [-0.3, -0.25) is 28.0 Å². The predicted octanol–water partition coefficient (Wildman–Crippen LogP) is 20.7. The smallest absolute Gasteiger partial charge is 0.461 e. The van der Waals surface area contributed by atoms with Crippen molar-refractivity contribution < 1.29 is 65.4 Å². The summed E-state index contributed by atoms with van der Waals surface area (Å²) >= 11 is 0. The van der Waals surface area contributed by atoms with Crippen LogP contribution in [-0.2, 0) is 85.2 Å². The number of nitrogens with zero attached hydrogens (tertiary/aromatic N) is 3. The third kappa shape index (κ3) is 29.6. The number of benzene rings is 2. The normalized spacial score (nSPS) is 24.2. The number of rotatable bonds is 48. The first-order valence-corrected chi connectivity index (χ1v) is 42.9. The maximum Gasteiger partial charge on any atom is 0.475 e. The van der Waals surface area contributed by atoms with Gasteiger partial charge in [-0.05, 0) is 70.9 Å². The molecular formula is C78H133N4O14PSi. The molecule has 0 bridgehead atoms. The lowest BCUT2D eigenvalue weighted by molar-refractivity contribution is -0.282. The highest BCUT2D eigenvalue weighted by Crippen LogP contribution is 2.56. The van der Waals surface area contributed by atoms with Crippen molar-refractivity contribution in [2.75, 3.05) is 13.2 Å². The van der Waals surface area contributed by atoms with Gasteiger partial charge in [0.15, 0.2) is 20.9 Å². The van der Waals surface area contributed by atoms with E-state index in [0.29, 0.717) is 6.42 Å². The number of unbranched alkanes of at least 4 members (excludes halogenated alkanes) is 20. The molecule has 558 valence electrons. The van der Waals surface area contributed by atoms with E-state index in [1.54, 1.807) is 0 Å². The number of amides is 1. The van der Waals surface area contributed by atoms with E-state index in [9.17, 15) is 19.7 Å². The average Bonchev–Trinajstić information content (AvgIpc) is 0.824. The Morgan fingerprint density at radius 1 is 0.643 bits per heavy atom. The zero-order chi connectivity index (χ0) is 71.5. The van der Waals surface area contributed by atoms with Gasteiger partial charge in [0.25, 0.3) is 0 Å². The highest BCUT2D eigenvalue weighted by molar-refractivity contribution is 7.48. The van der Waals surface area contributed by atoms with Crippen molar-refractivity contribution in [3.8, 4) is 0 Å². The molecule has 2 fully saturated rings. The Hall–Kier alpha value is -3.71. The van der Waals surface area contributed by atoms with E-state index < -0.39 is 95.0 Å². The third-order valence-corrected chi connectivity index (χ3v) is 27.3. The SMILES string of the molecule is CCCCCCCCCCCC(C)C(=O)O[C@@H](CC(=O)NC1[C@H](OCC2OC(O[Si](C)(C)C(C)(C)C)C(N=[N+]=[N-])[C@@H](OC(=O)C[C@H](C)C(C)CCCCCCCCC)[C@@H]2C)OC(COCc2ccccc2)[C@@H](OP2(=O)OCc3ccccc3CO2)[C@@H]1C)C(C)CCCCCCCCC. The Labute approximate surface area is 593 Å². The van der Waals surface area contributed by atoms with E-state index in [4.69, 9.17) is 46.4 Å². The molecule has 0 radical (unpaired) electrons. The Kier molecular flexibility index (Phi) is 39.3. The average molecular weight is 1410 g/mol. The number of ether oxygens (including phenoxy) is 6. The molecule has 3 aliphatic rings. The molecule has 3 heterocycles. The van der Waals surface area contributed by atoms with E-state index in [1.807, 2.05) is 75.4 Å². The summed E-state index contributed by atoms with van der Waals surface area (Å²) in [7, 11) is -7.03. The van der Waals surface area contributed by atoms with Gasteiger partial charge < -0.3 is 38.2 Å². The van der Waals surface area contributed by atoms with Gasteiger partial charge >= 0.3 is 19.8 Å². The topological polar surface area (TPSA) is 221 Å². The summed E-state index contributed by atoms with van der Waals surface area (Å²) in [5.41, 5.74) is 12.8. The van der Waals surface area contributed by atoms with Crippen molar-refractivity contribution >= 4 is 34.0 Å². The van der Waals surface area contributed by atoms with Crippen LogP contribution in [0, 0.1) is 35.5 Å². The van der Waals surface area contributed by atoms with Crippen molar-refractivity contribution in [2.24, 2.45) is 40.6 Å². The second-order valence-electron chi connectivity index (χ2n) is 30.7. The molecule has 5 rings (SSSR count). The summed E-state index contributed by atoms with van der Waals surface area (Å²) in [4.78, 5) is 47.1. The molecule has 3 aliphatic heterocycles. The number of azide groups is 1. The fourth-order valence-corrected chi connectivity index (χ4v) is 15.8. The summed E-state index contributed by atoms with van der Waals surface area (Å²) in [6, 6.07) is 15.3. The molecule has 2 saturated heterocycles. The molecule has 8 unspecified atom stereocenters. The van der Waals surface area contributed by atoms with E-state index in [0.717, 1.165) is 74.5 Å². The molecule has 2 aromatic carbocycles. The van der Waals surface area contributed by atoms with E-state index >= 15 is 4.79 Å². The molecule has 1 N–H and O–H groups in total. The molecule has 98 heavy (non-hydrogen) atoms. The third-order valence-electron chi connectivity index (χ3n) is 21.4. The minimum absolute atomic E-state index is 0.0283. The molecule has 18 nitrogen and oxygen atoms in total. The lowest BCUT2D eigenvalue weighted by Gasteiger charge is -2.49. The van der Waals surface area contributed by atoms with Gasteiger partial charge in [0, 0.05) is 23.2 Å². The fraction of sp³-hybridized carbons (Fsp3) is 0.808. The number of fused-ring (bicyclic) bond motifs is 1. The molecule has 0 spiro atoms. The van der Waals surface area contributed by atoms with Crippen LogP contribution in [0.5, 0.6) is 0 Å². The number of nitrogens with one attached hydrogen (secondary N) is 1. The predicted molar refractivity (Wildman–Crippen MR) is 392 cm³/mol. The van der Waals surface area contributed by atoms with Gasteiger partial charge in [0.1, 0.15) is 30.5 Å². The molecule has 0 aromatic heterocycles. The lowest BCUT2D eigenvalue weighted by Crippen LogP contribution is -2.63. The molecular weight excluding hydrogens is 1280 g/mol. The Morgan fingerprint density at radius 3 is 1.69 bits per heavy atom. The minimum atomic E-state index is -4.35. The first kappa shape index (κ1) is 84.9. The lowest BCUT2D eigenvalue weighted by atomic mass is 9.87. The Morgan fingerprint density at radius 2 is 1.15 bits per heavy atom. The van der Waals surface area contributed by atoms with Crippen molar-refractivity contribution in [2.45, 2.75) is 356 Å². The summed E-state index contributed by atoms with van der Waals surface area (Å²) in [6.45, 7) is 29.2. The maximum absolute atomic E-state index is 15.2.